The van der Waals surface area contributed by atoms with Crippen LogP contribution in [0, 0.1) is 11.8 Å². The third-order valence-corrected chi connectivity index (χ3v) is 5.19. The molecule has 3 amide bonds. The number of likely N-dealkylation sites (tertiary alicyclic amines) is 1. The molecule has 2 fully saturated rings. The lowest BCUT2D eigenvalue weighted by Crippen LogP contribution is -2.33. The SMILES string of the molecule is Cn1cc(CC2CCN(C(=O)Nc3cccc(NC(=O)C4CC4)c3)C2)cn1. The van der Waals surface area contributed by atoms with Crippen LogP contribution < -0.4 is 10.6 Å². The molecule has 2 aromatic rings. The number of urea groups is 1. The molecule has 7 heteroatoms. The van der Waals surface area contributed by atoms with Crippen LogP contribution >= 0.6 is 0 Å². The lowest BCUT2D eigenvalue weighted by atomic mass is 10.0. The number of aromatic nitrogens is 2. The van der Waals surface area contributed by atoms with Crippen LogP contribution in [0.15, 0.2) is 36.7 Å². The second-order valence-corrected chi connectivity index (χ2v) is 7.60. The minimum Gasteiger partial charge on any atom is -0.326 e. The van der Waals surface area contributed by atoms with Crippen LogP contribution in [0.25, 0.3) is 0 Å². The first-order chi connectivity index (χ1) is 13.1. The maximum absolute atomic E-state index is 12.6. The fraction of sp³-hybridized carbons (Fsp3) is 0.450. The first kappa shape index (κ1) is 17.6. The monoisotopic (exact) mass is 367 g/mol. The second kappa shape index (κ2) is 7.42. The minimum atomic E-state index is -0.0886. The van der Waals surface area contributed by atoms with Crippen molar-refractivity contribution in [3.63, 3.8) is 0 Å². The summed E-state index contributed by atoms with van der Waals surface area (Å²) < 4.78 is 1.81. The molecular formula is C20H25N5O2. The molecule has 1 aromatic heterocycles. The van der Waals surface area contributed by atoms with Crippen LogP contribution in [0.5, 0.6) is 0 Å². The van der Waals surface area contributed by atoms with E-state index in [9.17, 15) is 9.59 Å². The van der Waals surface area contributed by atoms with Gasteiger partial charge in [-0.2, -0.15) is 5.10 Å². The zero-order chi connectivity index (χ0) is 18.8. The van der Waals surface area contributed by atoms with Crippen LogP contribution in [-0.4, -0.2) is 39.7 Å². The van der Waals surface area contributed by atoms with E-state index in [0.29, 0.717) is 11.6 Å². The molecule has 1 atom stereocenters. The van der Waals surface area contributed by atoms with E-state index in [1.807, 2.05) is 47.2 Å². The Kier molecular flexibility index (Phi) is 4.83. The molecular weight excluding hydrogens is 342 g/mol. The highest BCUT2D eigenvalue weighted by molar-refractivity contribution is 5.95. The fourth-order valence-electron chi connectivity index (χ4n) is 3.56. The third-order valence-electron chi connectivity index (χ3n) is 5.19. The summed E-state index contributed by atoms with van der Waals surface area (Å²) in [5, 5.41) is 10.1. The summed E-state index contributed by atoms with van der Waals surface area (Å²) in [6.07, 6.45) is 7.81. The average Bonchev–Trinajstić information content (AvgIpc) is 3.27. The smallest absolute Gasteiger partial charge is 0.321 e. The van der Waals surface area contributed by atoms with Gasteiger partial charge in [0.25, 0.3) is 0 Å². The summed E-state index contributed by atoms with van der Waals surface area (Å²) >= 11 is 0. The number of benzene rings is 1. The van der Waals surface area contributed by atoms with E-state index in [1.165, 1.54) is 5.56 Å². The summed E-state index contributed by atoms with van der Waals surface area (Å²) in [6.45, 7) is 1.51. The lowest BCUT2D eigenvalue weighted by Gasteiger charge is -2.18. The molecule has 1 aromatic carbocycles. The predicted molar refractivity (Wildman–Crippen MR) is 103 cm³/mol. The molecule has 1 aliphatic heterocycles. The second-order valence-electron chi connectivity index (χ2n) is 7.60. The fourth-order valence-corrected chi connectivity index (χ4v) is 3.56. The maximum atomic E-state index is 12.6. The molecule has 0 radical (unpaired) electrons. The molecule has 1 saturated carbocycles. The molecule has 1 saturated heterocycles. The number of anilines is 2. The zero-order valence-electron chi connectivity index (χ0n) is 15.5. The van der Waals surface area contributed by atoms with Gasteiger partial charge in [-0.15, -0.1) is 0 Å². The zero-order valence-corrected chi connectivity index (χ0v) is 15.5. The van der Waals surface area contributed by atoms with Crippen molar-refractivity contribution in [3.8, 4) is 0 Å². The molecule has 0 spiro atoms. The van der Waals surface area contributed by atoms with E-state index >= 15 is 0 Å². The Morgan fingerprint density at radius 3 is 2.67 bits per heavy atom. The quantitative estimate of drug-likeness (QED) is 0.853. The molecule has 2 heterocycles. The number of hydrogen-bond donors (Lipinski definition) is 2. The first-order valence-corrected chi connectivity index (χ1v) is 9.51. The Bertz CT molecular complexity index is 842. The Labute approximate surface area is 158 Å². The van der Waals surface area contributed by atoms with Gasteiger partial charge >= 0.3 is 6.03 Å². The van der Waals surface area contributed by atoms with Gasteiger partial charge in [0.2, 0.25) is 5.91 Å². The Morgan fingerprint density at radius 2 is 1.96 bits per heavy atom. The van der Waals surface area contributed by atoms with E-state index in [0.717, 1.165) is 44.5 Å². The van der Waals surface area contributed by atoms with Crippen molar-refractivity contribution >= 4 is 23.3 Å². The van der Waals surface area contributed by atoms with Crippen LogP contribution in [0.2, 0.25) is 0 Å². The highest BCUT2D eigenvalue weighted by Crippen LogP contribution is 2.30. The molecule has 142 valence electrons. The summed E-state index contributed by atoms with van der Waals surface area (Å²) in [7, 11) is 1.92. The van der Waals surface area contributed by atoms with E-state index in [4.69, 9.17) is 0 Å². The van der Waals surface area contributed by atoms with Crippen molar-refractivity contribution in [2.45, 2.75) is 25.7 Å². The molecule has 27 heavy (non-hydrogen) atoms. The summed E-state index contributed by atoms with van der Waals surface area (Å²) in [5.41, 5.74) is 2.63. The number of hydrogen-bond acceptors (Lipinski definition) is 3. The van der Waals surface area contributed by atoms with Crippen LogP contribution in [0.4, 0.5) is 16.2 Å². The average molecular weight is 367 g/mol. The summed E-state index contributed by atoms with van der Waals surface area (Å²) in [6, 6.07) is 7.24. The third kappa shape index (κ3) is 4.48. The standard InChI is InChI=1S/C20H25N5O2/c1-24-12-15(11-21-24)9-14-7-8-25(13-14)20(27)23-18-4-2-3-17(10-18)22-19(26)16-5-6-16/h2-4,10-12,14,16H,5-9,13H2,1H3,(H,22,26)(H,23,27). The largest absolute Gasteiger partial charge is 0.326 e. The van der Waals surface area contributed by atoms with Gasteiger partial charge in [-0.1, -0.05) is 6.07 Å². The summed E-state index contributed by atoms with van der Waals surface area (Å²) in [4.78, 5) is 26.3. The van der Waals surface area contributed by atoms with Gasteiger partial charge in [0.1, 0.15) is 0 Å². The van der Waals surface area contributed by atoms with Crippen LogP contribution in [0.3, 0.4) is 0 Å². The normalized spacial score (nSPS) is 19.1. The number of carbonyl (C=O) groups is 2. The highest BCUT2D eigenvalue weighted by atomic mass is 16.2. The number of carbonyl (C=O) groups excluding carboxylic acids is 2. The number of nitrogens with one attached hydrogen (secondary N) is 2. The highest BCUT2D eigenvalue weighted by Gasteiger charge is 2.30. The molecule has 4 rings (SSSR count). The van der Waals surface area contributed by atoms with E-state index in [1.54, 1.807) is 6.07 Å². The van der Waals surface area contributed by atoms with Gasteiger partial charge in [-0.05, 0) is 55.4 Å². The van der Waals surface area contributed by atoms with Crippen molar-refractivity contribution in [3.05, 3.63) is 42.2 Å². The number of amides is 3. The van der Waals surface area contributed by atoms with Crippen molar-refractivity contribution < 1.29 is 9.59 Å². The van der Waals surface area contributed by atoms with Crippen LogP contribution in [-0.2, 0) is 18.3 Å². The first-order valence-electron chi connectivity index (χ1n) is 9.51. The summed E-state index contributed by atoms with van der Waals surface area (Å²) in [5.74, 6) is 0.685. The molecule has 2 N–H and O–H groups in total. The predicted octanol–water partition coefficient (Wildman–Crippen LogP) is 2.87. The van der Waals surface area contributed by atoms with E-state index in [2.05, 4.69) is 15.7 Å². The maximum Gasteiger partial charge on any atom is 0.321 e. The van der Waals surface area contributed by atoms with E-state index < -0.39 is 0 Å². The van der Waals surface area contributed by atoms with Crippen molar-refractivity contribution in [2.75, 3.05) is 23.7 Å². The van der Waals surface area contributed by atoms with E-state index in [-0.39, 0.29) is 17.9 Å². The lowest BCUT2D eigenvalue weighted by molar-refractivity contribution is -0.117. The topological polar surface area (TPSA) is 79.3 Å². The van der Waals surface area contributed by atoms with Gasteiger partial charge in [-0.3, -0.25) is 9.48 Å². The van der Waals surface area contributed by atoms with Gasteiger partial charge in [-0.25, -0.2) is 4.79 Å². The molecule has 1 aliphatic carbocycles. The Morgan fingerprint density at radius 1 is 1.19 bits per heavy atom. The molecule has 2 aliphatic rings. The number of rotatable bonds is 5. The Balaban J connectivity index is 1.30. The van der Waals surface area contributed by atoms with Crippen LogP contribution in [0.1, 0.15) is 24.8 Å². The van der Waals surface area contributed by atoms with Gasteiger partial charge in [0.05, 0.1) is 6.20 Å². The molecule has 7 nitrogen and oxygen atoms in total. The molecule has 1 unspecified atom stereocenters. The number of aryl methyl sites for hydroxylation is 1. The van der Waals surface area contributed by atoms with Gasteiger partial charge < -0.3 is 15.5 Å². The number of nitrogens with zero attached hydrogens (tertiary/aromatic N) is 3. The van der Waals surface area contributed by atoms with Crippen molar-refractivity contribution in [1.82, 2.24) is 14.7 Å². The Hall–Kier alpha value is -2.83. The van der Waals surface area contributed by atoms with Crippen molar-refractivity contribution in [2.24, 2.45) is 18.9 Å². The molecule has 0 bridgehead atoms. The van der Waals surface area contributed by atoms with Crippen molar-refractivity contribution in [1.29, 1.82) is 0 Å². The van der Waals surface area contributed by atoms with Gasteiger partial charge in [0.15, 0.2) is 0 Å². The van der Waals surface area contributed by atoms with Gasteiger partial charge in [0, 0.05) is 43.6 Å². The minimum absolute atomic E-state index is 0.0660.